The molecule has 0 saturated heterocycles. The Labute approximate surface area is 189 Å². The van der Waals surface area contributed by atoms with Gasteiger partial charge in [0.15, 0.2) is 5.65 Å². The van der Waals surface area contributed by atoms with E-state index in [0.29, 0.717) is 22.3 Å². The van der Waals surface area contributed by atoms with Crippen molar-refractivity contribution < 1.29 is 13.2 Å². The van der Waals surface area contributed by atoms with E-state index in [-0.39, 0.29) is 26.8 Å². The lowest BCUT2D eigenvalue weighted by atomic mass is 10.3. The topological polar surface area (TPSA) is 125 Å². The van der Waals surface area contributed by atoms with Crippen LogP contribution in [0, 0.1) is 0 Å². The Hall–Kier alpha value is -4.31. The van der Waals surface area contributed by atoms with Gasteiger partial charge in [0, 0.05) is 18.0 Å². The SMILES string of the molecule is COc1ccc(S(=O)(=O)c2c(N)n(N=Cc3cccnc3)c3nc4ccccc4nc23)cc1. The Balaban J connectivity index is 1.78. The first kappa shape index (κ1) is 20.6. The van der Waals surface area contributed by atoms with Gasteiger partial charge in [0.2, 0.25) is 9.84 Å². The van der Waals surface area contributed by atoms with Crippen molar-refractivity contribution in [2.24, 2.45) is 5.10 Å². The van der Waals surface area contributed by atoms with Gasteiger partial charge in [-0.25, -0.2) is 18.4 Å². The third kappa shape index (κ3) is 3.56. The number of hydrogen-bond acceptors (Lipinski definition) is 8. The maximum Gasteiger partial charge on any atom is 0.212 e. The number of aromatic nitrogens is 4. The first-order valence-electron chi connectivity index (χ1n) is 9.89. The van der Waals surface area contributed by atoms with Crippen molar-refractivity contribution in [3.8, 4) is 5.75 Å². The van der Waals surface area contributed by atoms with E-state index < -0.39 is 9.84 Å². The minimum Gasteiger partial charge on any atom is -0.497 e. The number of sulfone groups is 1. The molecule has 5 rings (SSSR count). The number of ether oxygens (including phenoxy) is 1. The molecule has 33 heavy (non-hydrogen) atoms. The highest BCUT2D eigenvalue weighted by Gasteiger charge is 2.30. The molecule has 3 heterocycles. The van der Waals surface area contributed by atoms with E-state index in [0.717, 1.165) is 0 Å². The number of pyridine rings is 1. The number of benzene rings is 2. The van der Waals surface area contributed by atoms with Gasteiger partial charge in [0.05, 0.1) is 29.3 Å². The van der Waals surface area contributed by atoms with Crippen LogP contribution in [-0.2, 0) is 9.84 Å². The van der Waals surface area contributed by atoms with Gasteiger partial charge in [-0.15, -0.1) is 0 Å². The Morgan fingerprint density at radius 2 is 1.73 bits per heavy atom. The standard InChI is InChI=1S/C23H18N6O3S/c1-32-16-8-10-17(11-9-16)33(30,31)21-20-23(28-19-7-3-2-6-18(19)27-20)29(22(21)24)26-14-15-5-4-12-25-13-15/h2-14H,24H2,1H3. The lowest BCUT2D eigenvalue weighted by Crippen LogP contribution is -2.06. The fourth-order valence-corrected chi connectivity index (χ4v) is 4.94. The number of nitrogens with zero attached hydrogens (tertiary/aromatic N) is 5. The molecular formula is C23H18N6O3S. The highest BCUT2D eigenvalue weighted by Crippen LogP contribution is 2.35. The Morgan fingerprint density at radius 1 is 1.00 bits per heavy atom. The first-order valence-corrected chi connectivity index (χ1v) is 11.4. The fraction of sp³-hybridized carbons (Fsp3) is 0.0435. The van der Waals surface area contributed by atoms with E-state index in [4.69, 9.17) is 10.5 Å². The fourth-order valence-electron chi connectivity index (χ4n) is 3.45. The van der Waals surface area contributed by atoms with Crippen LogP contribution < -0.4 is 10.5 Å². The average molecular weight is 459 g/mol. The molecule has 0 aliphatic carbocycles. The minimum atomic E-state index is -4.04. The number of methoxy groups -OCH3 is 1. The highest BCUT2D eigenvalue weighted by molar-refractivity contribution is 7.92. The second-order valence-electron chi connectivity index (χ2n) is 7.12. The molecule has 164 valence electrons. The Bertz CT molecular complexity index is 1610. The van der Waals surface area contributed by atoms with Crippen LogP contribution in [0.15, 0.2) is 87.9 Å². The van der Waals surface area contributed by atoms with Gasteiger partial charge in [-0.1, -0.05) is 18.2 Å². The van der Waals surface area contributed by atoms with E-state index in [1.807, 2.05) is 12.1 Å². The summed E-state index contributed by atoms with van der Waals surface area (Å²) in [5.74, 6) is 0.451. The number of rotatable bonds is 5. The van der Waals surface area contributed by atoms with Crippen molar-refractivity contribution in [1.82, 2.24) is 19.6 Å². The second-order valence-corrected chi connectivity index (χ2v) is 9.01. The summed E-state index contributed by atoms with van der Waals surface area (Å²) in [6.45, 7) is 0. The predicted octanol–water partition coefficient (Wildman–Crippen LogP) is 3.29. The molecule has 0 fully saturated rings. The monoisotopic (exact) mass is 458 g/mol. The molecule has 2 aromatic carbocycles. The summed E-state index contributed by atoms with van der Waals surface area (Å²) >= 11 is 0. The Morgan fingerprint density at radius 3 is 2.39 bits per heavy atom. The number of para-hydroxylation sites is 2. The molecule has 9 nitrogen and oxygen atoms in total. The van der Waals surface area contributed by atoms with Crippen LogP contribution in [0.4, 0.5) is 5.82 Å². The molecule has 0 saturated carbocycles. The summed E-state index contributed by atoms with van der Waals surface area (Å²) in [5.41, 5.74) is 8.60. The number of nitrogen functional groups attached to an aromatic ring is 1. The molecule has 5 aromatic rings. The van der Waals surface area contributed by atoms with Gasteiger partial charge in [-0.2, -0.15) is 9.78 Å². The molecular weight excluding hydrogens is 440 g/mol. The van der Waals surface area contributed by atoms with Crippen LogP contribution >= 0.6 is 0 Å². The molecule has 0 aliphatic rings. The lowest BCUT2D eigenvalue weighted by molar-refractivity contribution is 0.414. The summed E-state index contributed by atoms with van der Waals surface area (Å²) in [6, 6.07) is 16.8. The van der Waals surface area contributed by atoms with Gasteiger partial charge >= 0.3 is 0 Å². The summed E-state index contributed by atoms with van der Waals surface area (Å²) in [5, 5.41) is 4.41. The van der Waals surface area contributed by atoms with Crippen LogP contribution in [0.5, 0.6) is 5.75 Å². The molecule has 0 spiro atoms. The van der Waals surface area contributed by atoms with Crippen molar-refractivity contribution in [3.63, 3.8) is 0 Å². The van der Waals surface area contributed by atoms with Crippen molar-refractivity contribution in [1.29, 1.82) is 0 Å². The van der Waals surface area contributed by atoms with E-state index in [1.165, 1.54) is 30.1 Å². The largest absolute Gasteiger partial charge is 0.497 e. The summed E-state index contributed by atoms with van der Waals surface area (Å²) in [6.07, 6.45) is 4.80. The normalized spacial score (nSPS) is 12.0. The van der Waals surface area contributed by atoms with Crippen molar-refractivity contribution in [3.05, 3.63) is 78.6 Å². The molecule has 0 unspecified atom stereocenters. The predicted molar refractivity (Wildman–Crippen MR) is 125 cm³/mol. The zero-order chi connectivity index (χ0) is 23.0. The molecule has 2 N–H and O–H groups in total. The number of fused-ring (bicyclic) bond motifs is 2. The molecule has 10 heteroatoms. The van der Waals surface area contributed by atoms with Crippen molar-refractivity contribution >= 4 is 44.1 Å². The number of anilines is 1. The second kappa shape index (κ2) is 7.99. The summed E-state index contributed by atoms with van der Waals surface area (Å²) in [4.78, 5) is 13.2. The number of nitrogens with two attached hydrogens (primary N) is 1. The Kier molecular flexibility index (Phi) is 4.98. The zero-order valence-corrected chi connectivity index (χ0v) is 18.3. The molecule has 0 bridgehead atoms. The van der Waals surface area contributed by atoms with Gasteiger partial charge in [-0.3, -0.25) is 4.98 Å². The molecule has 0 aliphatic heterocycles. The van der Waals surface area contributed by atoms with E-state index in [9.17, 15) is 8.42 Å². The molecule has 0 radical (unpaired) electrons. The molecule has 0 atom stereocenters. The smallest absolute Gasteiger partial charge is 0.212 e. The molecule has 3 aromatic heterocycles. The summed E-state index contributed by atoms with van der Waals surface area (Å²) < 4.78 is 33.7. The first-order chi connectivity index (χ1) is 16.0. The third-order valence-electron chi connectivity index (χ3n) is 5.07. The maximum absolute atomic E-state index is 13.6. The van der Waals surface area contributed by atoms with Gasteiger partial charge in [0.25, 0.3) is 0 Å². The van der Waals surface area contributed by atoms with Gasteiger partial charge in [-0.05, 0) is 42.5 Å². The quantitative estimate of drug-likeness (QED) is 0.401. The van der Waals surface area contributed by atoms with Gasteiger partial charge < -0.3 is 10.5 Å². The maximum atomic E-state index is 13.6. The van der Waals surface area contributed by atoms with Crippen LogP contribution in [0.1, 0.15) is 5.56 Å². The zero-order valence-electron chi connectivity index (χ0n) is 17.5. The lowest BCUT2D eigenvalue weighted by Gasteiger charge is -2.06. The van der Waals surface area contributed by atoms with Gasteiger partial charge in [0.1, 0.15) is 22.0 Å². The molecule has 0 amide bonds. The van der Waals surface area contributed by atoms with E-state index in [1.54, 1.807) is 48.8 Å². The van der Waals surface area contributed by atoms with Crippen LogP contribution in [-0.4, -0.2) is 41.4 Å². The minimum absolute atomic E-state index is 0.0558. The highest BCUT2D eigenvalue weighted by atomic mass is 32.2. The number of hydrogen-bond donors (Lipinski definition) is 1. The van der Waals surface area contributed by atoms with Crippen LogP contribution in [0.2, 0.25) is 0 Å². The van der Waals surface area contributed by atoms with E-state index >= 15 is 0 Å². The average Bonchev–Trinajstić information content (AvgIpc) is 3.12. The van der Waals surface area contributed by atoms with Crippen molar-refractivity contribution in [2.45, 2.75) is 9.79 Å². The van der Waals surface area contributed by atoms with Crippen molar-refractivity contribution in [2.75, 3.05) is 12.8 Å². The summed E-state index contributed by atoms with van der Waals surface area (Å²) in [7, 11) is -2.53. The van der Waals surface area contributed by atoms with E-state index in [2.05, 4.69) is 20.1 Å². The third-order valence-corrected chi connectivity index (χ3v) is 6.91. The van der Waals surface area contributed by atoms with Crippen LogP contribution in [0.3, 0.4) is 0 Å². The van der Waals surface area contributed by atoms with Crippen LogP contribution in [0.25, 0.3) is 22.2 Å².